The van der Waals surface area contributed by atoms with Crippen molar-refractivity contribution in [3.63, 3.8) is 0 Å². The number of nitrogens with one attached hydrogen (secondary N) is 1. The summed E-state index contributed by atoms with van der Waals surface area (Å²) in [5, 5.41) is 3.10. The minimum absolute atomic E-state index is 0.108. The Morgan fingerprint density at radius 3 is 2.32 bits per heavy atom. The van der Waals surface area contributed by atoms with Gasteiger partial charge in [0, 0.05) is 6.54 Å². The fourth-order valence-electron chi connectivity index (χ4n) is 1.94. The maximum absolute atomic E-state index is 12.1. The van der Waals surface area contributed by atoms with Gasteiger partial charge in [-0.05, 0) is 29.8 Å². The second-order valence-corrected chi connectivity index (χ2v) is 6.07. The molecule has 0 atom stereocenters. The minimum atomic E-state index is -4.37. The van der Waals surface area contributed by atoms with Crippen LogP contribution in [0.25, 0.3) is 0 Å². The quantitative estimate of drug-likeness (QED) is 0.622. The van der Waals surface area contributed by atoms with Crippen molar-refractivity contribution in [2.24, 2.45) is 0 Å². The maximum Gasteiger partial charge on any atom is 0.422 e. The van der Waals surface area contributed by atoms with Gasteiger partial charge in [0.2, 0.25) is 0 Å². The van der Waals surface area contributed by atoms with E-state index in [1.54, 1.807) is 24.3 Å². The summed E-state index contributed by atoms with van der Waals surface area (Å²) in [5.74, 6) is -1.08. The van der Waals surface area contributed by atoms with Gasteiger partial charge in [0.25, 0.3) is 5.76 Å². The third-order valence-electron chi connectivity index (χ3n) is 3.02. The van der Waals surface area contributed by atoms with Crippen molar-refractivity contribution < 1.29 is 31.1 Å². The second-order valence-electron chi connectivity index (χ2n) is 5.09. The number of thioether (sulfide) groups is 1. The monoisotopic (exact) mass is 381 g/mol. The van der Waals surface area contributed by atoms with Crippen LogP contribution in [-0.2, 0) is 18.8 Å². The van der Waals surface area contributed by atoms with Crippen molar-refractivity contribution >= 4 is 11.8 Å². The van der Waals surface area contributed by atoms with Crippen LogP contribution in [0.3, 0.4) is 0 Å². The first kappa shape index (κ1) is 19.6. The number of rotatable bonds is 9. The molecule has 2 aromatic rings. The highest BCUT2D eigenvalue weighted by Crippen LogP contribution is 2.21. The molecule has 1 aromatic heterocycles. The number of hydrogen-bond donors (Lipinski definition) is 1. The summed E-state index contributed by atoms with van der Waals surface area (Å²) >= 11 is 0.495. The molecule has 0 saturated carbocycles. The highest BCUT2D eigenvalue weighted by atomic mass is 32.2. The molecule has 0 fully saturated rings. The summed E-state index contributed by atoms with van der Waals surface area (Å²) < 4.78 is 70.4. The Hall–Kier alpha value is -1.74. The molecule has 1 N–H and O–H groups in total. The van der Waals surface area contributed by atoms with Crippen molar-refractivity contribution in [1.29, 1.82) is 0 Å². The van der Waals surface area contributed by atoms with E-state index in [1.165, 1.54) is 12.1 Å². The maximum atomic E-state index is 12.1. The van der Waals surface area contributed by atoms with Crippen LogP contribution in [-0.4, -0.2) is 18.5 Å². The smallest absolute Gasteiger partial charge is 0.422 e. The van der Waals surface area contributed by atoms with E-state index in [1.807, 2.05) is 0 Å². The summed E-state index contributed by atoms with van der Waals surface area (Å²) in [5.41, 5.74) is 0.861. The fourth-order valence-corrected chi connectivity index (χ4v) is 2.38. The van der Waals surface area contributed by atoms with Crippen LogP contribution in [0, 0.1) is 0 Å². The highest BCUT2D eigenvalue weighted by Gasteiger charge is 2.28. The summed E-state index contributed by atoms with van der Waals surface area (Å²) in [6.45, 7) is -0.442. The summed E-state index contributed by atoms with van der Waals surface area (Å²) in [7, 11) is 0. The average Bonchev–Trinajstić information content (AvgIpc) is 2.99. The number of furan rings is 1. The highest BCUT2D eigenvalue weighted by molar-refractivity contribution is 7.98. The molecule has 0 saturated heterocycles. The standard InChI is InChI=1S/C16H16F5NO2S/c17-15(18)25-9-14-6-5-13(24-14)8-22-7-11-1-3-12(4-2-11)23-10-16(19,20)21/h1-6,15,22H,7-10H2. The van der Waals surface area contributed by atoms with Crippen LogP contribution < -0.4 is 10.1 Å². The van der Waals surface area contributed by atoms with E-state index < -0.39 is 18.5 Å². The van der Waals surface area contributed by atoms with Crippen LogP contribution in [0.1, 0.15) is 17.1 Å². The molecule has 1 aromatic carbocycles. The number of hydrogen-bond acceptors (Lipinski definition) is 4. The molecule has 138 valence electrons. The third kappa shape index (κ3) is 7.78. The topological polar surface area (TPSA) is 34.4 Å². The molecule has 25 heavy (non-hydrogen) atoms. The van der Waals surface area contributed by atoms with E-state index in [4.69, 9.17) is 4.42 Å². The van der Waals surface area contributed by atoms with Crippen LogP contribution in [0.2, 0.25) is 0 Å². The molecule has 0 aliphatic rings. The lowest BCUT2D eigenvalue weighted by Crippen LogP contribution is -2.19. The predicted molar refractivity (Wildman–Crippen MR) is 84.5 cm³/mol. The van der Waals surface area contributed by atoms with Crippen molar-refractivity contribution in [1.82, 2.24) is 5.32 Å². The number of benzene rings is 1. The zero-order valence-electron chi connectivity index (χ0n) is 13.0. The largest absolute Gasteiger partial charge is 0.484 e. The Bertz CT molecular complexity index is 643. The number of halogens is 5. The van der Waals surface area contributed by atoms with Gasteiger partial charge in [0.1, 0.15) is 17.3 Å². The molecule has 0 amide bonds. The molecule has 0 radical (unpaired) electrons. The van der Waals surface area contributed by atoms with Crippen molar-refractivity contribution in [3.05, 3.63) is 53.5 Å². The molecule has 0 aliphatic heterocycles. The zero-order chi connectivity index (χ0) is 18.3. The number of ether oxygens (including phenoxy) is 1. The third-order valence-corrected chi connectivity index (χ3v) is 3.73. The summed E-state index contributed by atoms with van der Waals surface area (Å²) in [4.78, 5) is 0. The molecule has 9 heteroatoms. The second kappa shape index (κ2) is 9.10. The van der Waals surface area contributed by atoms with E-state index in [9.17, 15) is 22.0 Å². The lowest BCUT2D eigenvalue weighted by Gasteiger charge is -2.09. The van der Waals surface area contributed by atoms with Crippen molar-refractivity contribution in [3.8, 4) is 5.75 Å². The molecular formula is C16H16F5NO2S. The molecule has 0 bridgehead atoms. The summed E-state index contributed by atoms with van der Waals surface area (Å²) in [6.07, 6.45) is -4.37. The molecule has 0 unspecified atom stereocenters. The van der Waals surface area contributed by atoms with Gasteiger partial charge in [-0.15, -0.1) is 0 Å². The Balaban J connectivity index is 1.72. The average molecular weight is 381 g/mol. The molecule has 0 aliphatic carbocycles. The lowest BCUT2D eigenvalue weighted by atomic mass is 10.2. The van der Waals surface area contributed by atoms with E-state index >= 15 is 0 Å². The lowest BCUT2D eigenvalue weighted by molar-refractivity contribution is -0.153. The minimum Gasteiger partial charge on any atom is -0.484 e. The van der Waals surface area contributed by atoms with Gasteiger partial charge in [0.05, 0.1) is 12.3 Å². The van der Waals surface area contributed by atoms with Gasteiger partial charge in [-0.25, -0.2) is 0 Å². The van der Waals surface area contributed by atoms with E-state index in [0.717, 1.165) is 5.56 Å². The van der Waals surface area contributed by atoms with E-state index in [2.05, 4.69) is 10.1 Å². The predicted octanol–water partition coefficient (Wildman–Crippen LogP) is 4.97. The first-order chi connectivity index (χ1) is 11.8. The first-order valence-electron chi connectivity index (χ1n) is 7.28. The SMILES string of the molecule is FC(F)SCc1ccc(CNCc2ccc(OCC(F)(F)F)cc2)o1. The summed E-state index contributed by atoms with van der Waals surface area (Å²) in [6, 6.07) is 9.61. The van der Waals surface area contributed by atoms with Gasteiger partial charge >= 0.3 is 6.18 Å². The fraction of sp³-hybridized carbons (Fsp3) is 0.375. The Kier molecular flexibility index (Phi) is 7.12. The molecule has 1 heterocycles. The Morgan fingerprint density at radius 2 is 1.68 bits per heavy atom. The van der Waals surface area contributed by atoms with Crippen molar-refractivity contribution in [2.75, 3.05) is 6.61 Å². The van der Waals surface area contributed by atoms with Gasteiger partial charge in [-0.2, -0.15) is 22.0 Å². The van der Waals surface area contributed by atoms with Gasteiger partial charge in [0.15, 0.2) is 6.61 Å². The molecule has 3 nitrogen and oxygen atoms in total. The van der Waals surface area contributed by atoms with Gasteiger partial charge < -0.3 is 14.5 Å². The molecule has 0 spiro atoms. The van der Waals surface area contributed by atoms with Crippen LogP contribution >= 0.6 is 11.8 Å². The zero-order valence-corrected chi connectivity index (χ0v) is 13.8. The first-order valence-corrected chi connectivity index (χ1v) is 8.33. The Labute approximate surface area is 145 Å². The normalized spacial score (nSPS) is 11.9. The molecular weight excluding hydrogens is 365 g/mol. The van der Waals surface area contributed by atoms with Gasteiger partial charge in [-0.1, -0.05) is 23.9 Å². The Morgan fingerprint density at radius 1 is 1.00 bits per heavy atom. The van der Waals surface area contributed by atoms with Crippen LogP contribution in [0.5, 0.6) is 5.75 Å². The number of alkyl halides is 5. The van der Waals surface area contributed by atoms with E-state index in [-0.39, 0.29) is 11.5 Å². The van der Waals surface area contributed by atoms with E-state index in [0.29, 0.717) is 36.4 Å². The molecule has 2 rings (SSSR count). The van der Waals surface area contributed by atoms with Crippen LogP contribution in [0.4, 0.5) is 22.0 Å². The van der Waals surface area contributed by atoms with Gasteiger partial charge in [-0.3, -0.25) is 0 Å². The van der Waals surface area contributed by atoms with Crippen molar-refractivity contribution in [2.45, 2.75) is 30.8 Å². The van der Waals surface area contributed by atoms with Crippen LogP contribution in [0.15, 0.2) is 40.8 Å².